The van der Waals surface area contributed by atoms with Crippen LogP contribution in [0.5, 0.6) is 0 Å². The van der Waals surface area contributed by atoms with Gasteiger partial charge in [-0.1, -0.05) is 38.8 Å². The molecule has 4 nitrogen and oxygen atoms in total. The Hall–Kier alpha value is -2.28. The number of fused-ring (bicyclic) bond motifs is 1. The van der Waals surface area contributed by atoms with Gasteiger partial charge in [-0.25, -0.2) is 0 Å². The van der Waals surface area contributed by atoms with E-state index in [0.29, 0.717) is 5.39 Å². The Bertz CT molecular complexity index is 763. The van der Waals surface area contributed by atoms with E-state index in [1.54, 1.807) is 6.07 Å². The fourth-order valence-corrected chi connectivity index (χ4v) is 2.97. The predicted molar refractivity (Wildman–Crippen MR) is 95.9 cm³/mol. The molecule has 1 heterocycles. The van der Waals surface area contributed by atoms with Gasteiger partial charge in [0.15, 0.2) is 0 Å². The lowest BCUT2D eigenvalue weighted by Gasteiger charge is -2.28. The van der Waals surface area contributed by atoms with Gasteiger partial charge in [0.25, 0.3) is 0 Å². The number of hydrogen-bond acceptors (Lipinski definition) is 3. The molecular formula is C19H25N3O. The zero-order valence-corrected chi connectivity index (χ0v) is 14.3. The molecule has 0 saturated heterocycles. The van der Waals surface area contributed by atoms with Gasteiger partial charge in [0.2, 0.25) is 5.43 Å². The normalized spacial score (nSPS) is 10.7. The number of aromatic nitrogens is 1. The van der Waals surface area contributed by atoms with Crippen LogP contribution in [-0.4, -0.2) is 17.7 Å². The molecule has 0 spiro atoms. The van der Waals surface area contributed by atoms with Crippen LogP contribution in [0.3, 0.4) is 0 Å². The lowest BCUT2D eigenvalue weighted by molar-refractivity contribution is 0.658. The van der Waals surface area contributed by atoms with Crippen molar-refractivity contribution in [3.8, 4) is 6.07 Å². The third-order valence-electron chi connectivity index (χ3n) is 4.25. The Morgan fingerprint density at radius 1 is 1.13 bits per heavy atom. The molecule has 4 heteroatoms. The van der Waals surface area contributed by atoms with Gasteiger partial charge in [-0.15, -0.1) is 0 Å². The number of para-hydroxylation sites is 1. The van der Waals surface area contributed by atoms with Crippen molar-refractivity contribution in [1.82, 2.24) is 4.57 Å². The van der Waals surface area contributed by atoms with Gasteiger partial charge < -0.3 is 9.47 Å². The van der Waals surface area contributed by atoms with Crippen molar-refractivity contribution in [1.29, 1.82) is 5.26 Å². The monoisotopic (exact) mass is 311 g/mol. The van der Waals surface area contributed by atoms with E-state index >= 15 is 0 Å². The Kier molecular flexibility index (Phi) is 5.81. The van der Waals surface area contributed by atoms with Crippen molar-refractivity contribution in [2.75, 3.05) is 18.0 Å². The second-order valence-corrected chi connectivity index (χ2v) is 5.91. The maximum Gasteiger partial charge on any atom is 0.209 e. The van der Waals surface area contributed by atoms with Gasteiger partial charge in [-0.2, -0.15) is 5.26 Å². The quantitative estimate of drug-likeness (QED) is 0.781. The first-order chi connectivity index (χ1) is 11.2. The van der Waals surface area contributed by atoms with E-state index in [4.69, 9.17) is 0 Å². The Morgan fingerprint density at radius 2 is 1.74 bits per heavy atom. The van der Waals surface area contributed by atoms with Crippen LogP contribution in [0.1, 0.15) is 45.1 Å². The minimum Gasteiger partial charge on any atom is -0.357 e. The number of hydrogen-bond donors (Lipinski definition) is 0. The molecule has 23 heavy (non-hydrogen) atoms. The van der Waals surface area contributed by atoms with Crippen molar-refractivity contribution in [2.24, 2.45) is 7.05 Å². The fraction of sp³-hybridized carbons (Fsp3) is 0.474. The number of nitriles is 1. The molecule has 1 aromatic carbocycles. The smallest absolute Gasteiger partial charge is 0.209 e. The summed E-state index contributed by atoms with van der Waals surface area (Å²) in [6, 6.07) is 9.67. The Morgan fingerprint density at radius 3 is 2.30 bits per heavy atom. The summed E-state index contributed by atoms with van der Waals surface area (Å²) in [7, 11) is 1.95. The van der Waals surface area contributed by atoms with Crippen molar-refractivity contribution >= 4 is 16.7 Å². The second kappa shape index (κ2) is 7.82. The average Bonchev–Trinajstić information content (AvgIpc) is 2.58. The first-order valence-corrected chi connectivity index (χ1v) is 8.42. The molecule has 0 aliphatic heterocycles. The summed E-state index contributed by atoms with van der Waals surface area (Å²) in [6.45, 7) is 6.05. The number of benzene rings is 1. The minimum atomic E-state index is -0.158. The molecule has 2 rings (SSSR count). The van der Waals surface area contributed by atoms with E-state index in [1.165, 1.54) is 0 Å². The lowest BCUT2D eigenvalue weighted by atomic mass is 10.1. The summed E-state index contributed by atoms with van der Waals surface area (Å²) < 4.78 is 2.00. The molecule has 0 atom stereocenters. The molecule has 1 aromatic heterocycles. The molecule has 0 amide bonds. The third kappa shape index (κ3) is 3.39. The molecule has 0 N–H and O–H groups in total. The molecule has 0 aliphatic carbocycles. The highest BCUT2D eigenvalue weighted by molar-refractivity contribution is 5.83. The highest BCUT2D eigenvalue weighted by atomic mass is 16.1. The lowest BCUT2D eigenvalue weighted by Crippen LogP contribution is -2.31. The van der Waals surface area contributed by atoms with Crippen LogP contribution in [0, 0.1) is 11.3 Å². The number of rotatable bonds is 7. The third-order valence-corrected chi connectivity index (χ3v) is 4.25. The van der Waals surface area contributed by atoms with Gasteiger partial charge in [0.1, 0.15) is 17.5 Å². The van der Waals surface area contributed by atoms with E-state index in [2.05, 4.69) is 24.8 Å². The summed E-state index contributed by atoms with van der Waals surface area (Å²) >= 11 is 0. The number of unbranched alkanes of at least 4 members (excludes halogenated alkanes) is 2. The standard InChI is InChI=1S/C19H25N3O/c1-4-6-12-22(13-7-5-2)19-16(14-20)18(23)15-10-8-9-11-17(15)21(19)3/h8-11H,4-7,12-13H2,1-3H3. The molecule has 0 fully saturated rings. The molecular weight excluding hydrogens is 286 g/mol. The maximum atomic E-state index is 12.7. The van der Waals surface area contributed by atoms with E-state index in [9.17, 15) is 10.1 Å². The van der Waals surface area contributed by atoms with Crippen molar-refractivity contribution < 1.29 is 0 Å². The van der Waals surface area contributed by atoms with Crippen LogP contribution >= 0.6 is 0 Å². The number of aryl methyl sites for hydroxylation is 1. The molecule has 122 valence electrons. The molecule has 0 bridgehead atoms. The summed E-state index contributed by atoms with van der Waals surface area (Å²) in [6.07, 6.45) is 4.28. The maximum absolute atomic E-state index is 12.7. The fourth-order valence-electron chi connectivity index (χ4n) is 2.97. The largest absolute Gasteiger partial charge is 0.357 e. The summed E-state index contributed by atoms with van der Waals surface area (Å²) in [5.41, 5.74) is 0.983. The number of anilines is 1. The van der Waals surface area contributed by atoms with Crippen molar-refractivity contribution in [3.63, 3.8) is 0 Å². The molecule has 0 unspecified atom stereocenters. The SMILES string of the molecule is CCCCN(CCCC)c1c(C#N)c(=O)c2ccccc2n1C. The second-order valence-electron chi connectivity index (χ2n) is 5.91. The van der Waals surface area contributed by atoms with E-state index in [1.807, 2.05) is 29.8 Å². The van der Waals surface area contributed by atoms with Crippen LogP contribution in [0.15, 0.2) is 29.1 Å². The highest BCUT2D eigenvalue weighted by Crippen LogP contribution is 2.23. The van der Waals surface area contributed by atoms with Crippen LogP contribution in [-0.2, 0) is 7.05 Å². The highest BCUT2D eigenvalue weighted by Gasteiger charge is 2.19. The molecule has 0 saturated carbocycles. The van der Waals surface area contributed by atoms with Crippen molar-refractivity contribution in [2.45, 2.75) is 39.5 Å². The Balaban J connectivity index is 2.67. The van der Waals surface area contributed by atoms with Gasteiger partial charge in [0.05, 0.1) is 5.52 Å². The first-order valence-electron chi connectivity index (χ1n) is 8.42. The van der Waals surface area contributed by atoms with Crippen molar-refractivity contribution in [3.05, 3.63) is 40.1 Å². The average molecular weight is 311 g/mol. The predicted octanol–water partition coefficient (Wildman–Crippen LogP) is 3.82. The van der Waals surface area contributed by atoms with E-state index < -0.39 is 0 Å². The minimum absolute atomic E-state index is 0.158. The summed E-state index contributed by atoms with van der Waals surface area (Å²) in [5.74, 6) is 0.762. The summed E-state index contributed by atoms with van der Waals surface area (Å²) in [4.78, 5) is 14.9. The van der Waals surface area contributed by atoms with E-state index in [0.717, 1.165) is 50.1 Å². The van der Waals surface area contributed by atoms with Gasteiger partial charge in [-0.05, 0) is 25.0 Å². The van der Waals surface area contributed by atoms with Crippen LogP contribution in [0.2, 0.25) is 0 Å². The number of pyridine rings is 1. The van der Waals surface area contributed by atoms with Gasteiger partial charge in [0, 0.05) is 25.5 Å². The topological polar surface area (TPSA) is 49.0 Å². The zero-order valence-electron chi connectivity index (χ0n) is 14.3. The van der Waals surface area contributed by atoms with Crippen LogP contribution < -0.4 is 10.3 Å². The molecule has 2 aromatic rings. The number of nitrogens with zero attached hydrogens (tertiary/aromatic N) is 3. The van der Waals surface area contributed by atoms with E-state index in [-0.39, 0.29) is 11.0 Å². The van der Waals surface area contributed by atoms with Crippen LogP contribution in [0.4, 0.5) is 5.82 Å². The van der Waals surface area contributed by atoms with Crippen LogP contribution in [0.25, 0.3) is 10.9 Å². The molecule has 0 aliphatic rings. The summed E-state index contributed by atoms with van der Waals surface area (Å²) in [5, 5.41) is 10.2. The zero-order chi connectivity index (χ0) is 16.8. The Labute approximate surface area is 138 Å². The van der Waals surface area contributed by atoms with Gasteiger partial charge in [-0.3, -0.25) is 4.79 Å². The first kappa shape index (κ1) is 17.1. The molecule has 0 radical (unpaired) electrons. The van der Waals surface area contributed by atoms with Gasteiger partial charge >= 0.3 is 0 Å².